The summed E-state index contributed by atoms with van der Waals surface area (Å²) in [6.45, 7) is 6.76. The number of carbonyl (C=O) groups is 1. The fourth-order valence-electron chi connectivity index (χ4n) is 3.25. The number of amidine groups is 1. The van der Waals surface area contributed by atoms with Gasteiger partial charge in [0.15, 0.2) is 5.17 Å². The topological polar surface area (TPSA) is 78.4 Å². The molecule has 1 aliphatic heterocycles. The third kappa shape index (κ3) is 5.43. The van der Waals surface area contributed by atoms with Crippen LogP contribution in [0, 0.1) is 0 Å². The molecular weight excluding hydrogens is 434 g/mol. The standard InChI is InChI=1S/C26H25N3O3S/c1-26(2,3)20-12-10-18(11-13-20)15-23-24(31)29(17-21-8-6-14-32-21)25(33-23)28-27-16-19-7-4-5-9-22(19)30/h4-16,30H,17H2,1-3H3/b23-15-,27-16-,28-25+. The summed E-state index contributed by atoms with van der Waals surface area (Å²) < 4.78 is 5.43. The molecule has 168 valence electrons. The molecule has 4 rings (SSSR count). The van der Waals surface area contributed by atoms with Crippen LogP contribution in [0.25, 0.3) is 6.08 Å². The van der Waals surface area contributed by atoms with Crippen LogP contribution >= 0.6 is 11.8 Å². The van der Waals surface area contributed by atoms with Crippen molar-refractivity contribution in [1.82, 2.24) is 4.90 Å². The number of phenolic OH excluding ortho intramolecular Hbond substituents is 1. The van der Waals surface area contributed by atoms with Gasteiger partial charge in [-0.25, -0.2) is 0 Å². The Morgan fingerprint density at radius 1 is 1.06 bits per heavy atom. The van der Waals surface area contributed by atoms with Crippen LogP contribution in [0.1, 0.15) is 43.2 Å². The van der Waals surface area contributed by atoms with E-state index in [9.17, 15) is 9.90 Å². The van der Waals surface area contributed by atoms with Crippen molar-refractivity contribution in [3.8, 4) is 5.75 Å². The Kier molecular flexibility index (Phi) is 6.51. The predicted molar refractivity (Wildman–Crippen MR) is 133 cm³/mol. The number of benzene rings is 2. The zero-order valence-corrected chi connectivity index (χ0v) is 19.5. The summed E-state index contributed by atoms with van der Waals surface area (Å²) in [6.07, 6.45) is 4.90. The third-order valence-corrected chi connectivity index (χ3v) is 6.13. The Balaban J connectivity index is 1.61. The zero-order valence-electron chi connectivity index (χ0n) is 18.7. The summed E-state index contributed by atoms with van der Waals surface area (Å²) in [4.78, 5) is 15.3. The number of phenols is 1. The lowest BCUT2D eigenvalue weighted by Crippen LogP contribution is -2.28. The van der Waals surface area contributed by atoms with Gasteiger partial charge in [0.05, 0.1) is 23.9 Å². The minimum atomic E-state index is -0.159. The van der Waals surface area contributed by atoms with Gasteiger partial charge in [-0.1, -0.05) is 57.2 Å². The molecule has 1 fully saturated rings. The molecule has 1 aromatic heterocycles. The van der Waals surface area contributed by atoms with E-state index >= 15 is 0 Å². The SMILES string of the molecule is CC(C)(C)c1ccc(/C=C2\S/C(=N/N=C\c3ccccc3O)N(Cc3ccco3)C2=O)cc1. The average Bonchev–Trinajstić information content (AvgIpc) is 3.39. The molecule has 1 N–H and O–H groups in total. The summed E-state index contributed by atoms with van der Waals surface area (Å²) >= 11 is 1.26. The molecular formula is C26H25N3O3S. The van der Waals surface area contributed by atoms with Gasteiger partial charge in [-0.05, 0) is 58.6 Å². The highest BCUT2D eigenvalue weighted by Crippen LogP contribution is 2.34. The van der Waals surface area contributed by atoms with E-state index in [4.69, 9.17) is 4.42 Å². The van der Waals surface area contributed by atoms with Crippen molar-refractivity contribution in [2.45, 2.75) is 32.7 Å². The highest BCUT2D eigenvalue weighted by Gasteiger charge is 2.34. The summed E-state index contributed by atoms with van der Waals surface area (Å²) in [5.74, 6) is 0.605. The quantitative estimate of drug-likeness (QED) is 0.298. The maximum atomic E-state index is 13.2. The number of hydrogen-bond donors (Lipinski definition) is 1. The Bertz CT molecular complexity index is 1220. The fourth-order valence-corrected chi connectivity index (χ4v) is 4.18. The highest BCUT2D eigenvalue weighted by atomic mass is 32.2. The Labute approximate surface area is 197 Å². The Morgan fingerprint density at radius 2 is 1.82 bits per heavy atom. The number of nitrogens with zero attached hydrogens (tertiary/aromatic N) is 3. The van der Waals surface area contributed by atoms with Crippen molar-refractivity contribution < 1.29 is 14.3 Å². The lowest BCUT2D eigenvalue weighted by molar-refractivity contribution is -0.122. The number of rotatable bonds is 5. The molecule has 2 aromatic carbocycles. The van der Waals surface area contributed by atoms with Gasteiger partial charge in [0, 0.05) is 5.56 Å². The molecule has 1 saturated heterocycles. The van der Waals surface area contributed by atoms with Gasteiger partial charge in [-0.2, -0.15) is 5.10 Å². The lowest BCUT2D eigenvalue weighted by atomic mass is 9.87. The lowest BCUT2D eigenvalue weighted by Gasteiger charge is -2.18. The molecule has 1 aliphatic rings. The molecule has 0 radical (unpaired) electrons. The van der Waals surface area contributed by atoms with E-state index in [0.717, 1.165) is 5.56 Å². The monoisotopic (exact) mass is 459 g/mol. The fraction of sp³-hybridized carbons (Fsp3) is 0.192. The first-order valence-electron chi connectivity index (χ1n) is 10.5. The normalized spacial score (nSPS) is 17.1. The first-order chi connectivity index (χ1) is 15.8. The molecule has 3 aromatic rings. The smallest absolute Gasteiger partial charge is 0.267 e. The van der Waals surface area contributed by atoms with Crippen LogP contribution < -0.4 is 0 Å². The van der Waals surface area contributed by atoms with E-state index < -0.39 is 0 Å². The third-order valence-electron chi connectivity index (χ3n) is 5.13. The summed E-state index contributed by atoms with van der Waals surface area (Å²) in [6, 6.07) is 18.7. The van der Waals surface area contributed by atoms with Gasteiger partial charge in [0.2, 0.25) is 0 Å². The maximum absolute atomic E-state index is 13.2. The summed E-state index contributed by atoms with van der Waals surface area (Å²) in [5, 5.41) is 18.7. The molecule has 6 nitrogen and oxygen atoms in total. The van der Waals surface area contributed by atoms with Crippen LogP contribution in [-0.4, -0.2) is 27.3 Å². The Hall–Kier alpha value is -3.58. The minimum absolute atomic E-state index is 0.0639. The largest absolute Gasteiger partial charge is 0.507 e. The van der Waals surface area contributed by atoms with E-state index in [-0.39, 0.29) is 23.6 Å². The molecule has 1 amide bonds. The molecule has 7 heteroatoms. The molecule has 0 atom stereocenters. The molecule has 0 bridgehead atoms. The second kappa shape index (κ2) is 9.50. The van der Waals surface area contributed by atoms with E-state index in [1.165, 1.54) is 23.5 Å². The molecule has 2 heterocycles. The van der Waals surface area contributed by atoms with Crippen molar-refractivity contribution in [3.05, 3.63) is 94.3 Å². The first kappa shape index (κ1) is 22.6. The number of furan rings is 1. The Morgan fingerprint density at radius 3 is 2.48 bits per heavy atom. The van der Waals surface area contributed by atoms with E-state index in [1.807, 2.05) is 24.3 Å². The van der Waals surface area contributed by atoms with Crippen LogP contribution in [0.3, 0.4) is 0 Å². The molecule has 0 unspecified atom stereocenters. The second-order valence-electron chi connectivity index (χ2n) is 8.64. The van der Waals surface area contributed by atoms with Crippen molar-refractivity contribution >= 4 is 35.1 Å². The molecule has 0 saturated carbocycles. The zero-order chi connectivity index (χ0) is 23.4. The first-order valence-corrected chi connectivity index (χ1v) is 11.4. The molecule has 33 heavy (non-hydrogen) atoms. The van der Waals surface area contributed by atoms with Crippen molar-refractivity contribution in [2.75, 3.05) is 0 Å². The van der Waals surface area contributed by atoms with Crippen molar-refractivity contribution in [1.29, 1.82) is 0 Å². The number of thioether (sulfide) groups is 1. The van der Waals surface area contributed by atoms with E-state index in [2.05, 4.69) is 43.1 Å². The number of aromatic hydroxyl groups is 1. The van der Waals surface area contributed by atoms with Crippen LogP contribution in [0.4, 0.5) is 0 Å². The molecule has 0 spiro atoms. The summed E-state index contributed by atoms with van der Waals surface area (Å²) in [7, 11) is 0. The second-order valence-corrected chi connectivity index (χ2v) is 9.65. The van der Waals surface area contributed by atoms with Crippen molar-refractivity contribution in [2.24, 2.45) is 10.2 Å². The number of para-hydroxylation sites is 1. The minimum Gasteiger partial charge on any atom is -0.507 e. The number of hydrogen-bond acceptors (Lipinski definition) is 6. The van der Waals surface area contributed by atoms with Crippen molar-refractivity contribution in [3.63, 3.8) is 0 Å². The molecule has 0 aliphatic carbocycles. The van der Waals surface area contributed by atoms with Crippen LogP contribution in [0.2, 0.25) is 0 Å². The van der Waals surface area contributed by atoms with E-state index in [1.54, 1.807) is 41.5 Å². The van der Waals surface area contributed by atoms with Gasteiger partial charge in [0.25, 0.3) is 5.91 Å². The number of carbonyl (C=O) groups excluding carboxylic acids is 1. The van der Waals surface area contributed by atoms with E-state index in [0.29, 0.717) is 21.4 Å². The predicted octanol–water partition coefficient (Wildman–Crippen LogP) is 5.79. The van der Waals surface area contributed by atoms with Gasteiger partial charge in [0.1, 0.15) is 11.5 Å². The van der Waals surface area contributed by atoms with Crippen LogP contribution in [0.5, 0.6) is 5.75 Å². The van der Waals surface area contributed by atoms with Gasteiger partial charge in [-0.15, -0.1) is 5.10 Å². The maximum Gasteiger partial charge on any atom is 0.267 e. The number of amides is 1. The van der Waals surface area contributed by atoms with Crippen LogP contribution in [-0.2, 0) is 16.8 Å². The summed E-state index contributed by atoms with van der Waals surface area (Å²) in [5.41, 5.74) is 2.78. The van der Waals surface area contributed by atoms with Crippen LogP contribution in [0.15, 0.2) is 86.5 Å². The van der Waals surface area contributed by atoms with Gasteiger partial charge < -0.3 is 9.52 Å². The van der Waals surface area contributed by atoms with Gasteiger partial charge in [-0.3, -0.25) is 9.69 Å². The highest BCUT2D eigenvalue weighted by molar-refractivity contribution is 8.18. The van der Waals surface area contributed by atoms with Gasteiger partial charge >= 0.3 is 0 Å². The average molecular weight is 460 g/mol.